The Morgan fingerprint density at radius 3 is 2.29 bits per heavy atom. The van der Waals surface area contributed by atoms with Gasteiger partial charge in [-0.2, -0.15) is 18.4 Å². The zero-order chi connectivity index (χ0) is 31.5. The van der Waals surface area contributed by atoms with Crippen LogP contribution in [0.2, 0.25) is 0 Å². The number of benzene rings is 2. The number of nitrogen functional groups attached to an aromatic ring is 1. The maximum absolute atomic E-state index is 14.2. The molecule has 1 aliphatic heterocycles. The summed E-state index contributed by atoms with van der Waals surface area (Å²) < 4.78 is 74.3. The molecule has 1 heterocycles. The van der Waals surface area contributed by atoms with E-state index in [1.807, 2.05) is 6.07 Å². The van der Waals surface area contributed by atoms with E-state index in [1.54, 1.807) is 25.7 Å². The molecule has 228 valence electrons. The second-order valence-corrected chi connectivity index (χ2v) is 13.0. The third-order valence-corrected chi connectivity index (χ3v) is 8.23. The van der Waals surface area contributed by atoms with Crippen molar-refractivity contribution in [3.63, 3.8) is 0 Å². The molecule has 2 aromatic rings. The molecule has 0 aromatic heterocycles. The molecular weight excluding hydrogens is 575 g/mol. The van der Waals surface area contributed by atoms with Gasteiger partial charge in [-0.25, -0.2) is 17.5 Å². The summed E-state index contributed by atoms with van der Waals surface area (Å²) in [4.78, 5) is 29.0. The minimum absolute atomic E-state index is 0.159. The molecule has 0 bridgehead atoms. The fraction of sp³-hybridized carbons (Fsp3) is 0.464. The molecule has 0 saturated carbocycles. The number of hydrogen-bond acceptors (Lipinski definition) is 8. The molecule has 14 heteroatoms. The molecule has 0 aliphatic carbocycles. The zero-order valence-electron chi connectivity index (χ0n) is 23.9. The molecule has 1 saturated heterocycles. The SMILES string of the molecule is CCS(=O)(=O)N(Cc1cccc(C#N)c1)C(=O)c1cc(C(F)(F)F)c(CN2CCN(C(=O)OC(C)(C)C)CC2)cc1N. The summed E-state index contributed by atoms with van der Waals surface area (Å²) in [5.41, 5.74) is 3.72. The number of piperazine rings is 1. The van der Waals surface area contributed by atoms with Crippen molar-refractivity contribution in [2.45, 2.75) is 52.6 Å². The Bertz CT molecular complexity index is 1470. The number of nitriles is 1. The third kappa shape index (κ3) is 8.13. The lowest BCUT2D eigenvalue weighted by molar-refractivity contribution is -0.138. The normalized spacial score (nSPS) is 14.8. The van der Waals surface area contributed by atoms with Gasteiger partial charge in [-0.15, -0.1) is 0 Å². The van der Waals surface area contributed by atoms with Crippen LogP contribution >= 0.6 is 0 Å². The number of amides is 2. The van der Waals surface area contributed by atoms with Crippen LogP contribution in [0.5, 0.6) is 0 Å². The van der Waals surface area contributed by atoms with Crippen LogP contribution in [-0.2, 0) is 34.0 Å². The second-order valence-electron chi connectivity index (χ2n) is 10.9. The number of carbonyl (C=O) groups is 2. The highest BCUT2D eigenvalue weighted by molar-refractivity contribution is 7.89. The molecule has 2 aromatic carbocycles. The number of alkyl halides is 3. The van der Waals surface area contributed by atoms with E-state index in [1.165, 1.54) is 36.1 Å². The lowest BCUT2D eigenvalue weighted by atomic mass is 10.00. The third-order valence-electron chi connectivity index (χ3n) is 6.54. The first-order valence-electron chi connectivity index (χ1n) is 13.2. The molecule has 1 fully saturated rings. The number of nitrogens with zero attached hydrogens (tertiary/aromatic N) is 4. The van der Waals surface area contributed by atoms with Gasteiger partial charge >= 0.3 is 12.3 Å². The van der Waals surface area contributed by atoms with Gasteiger partial charge in [-0.1, -0.05) is 12.1 Å². The number of hydrogen-bond donors (Lipinski definition) is 1. The van der Waals surface area contributed by atoms with Gasteiger partial charge in [0.05, 0.1) is 35.1 Å². The molecule has 2 N–H and O–H groups in total. The van der Waals surface area contributed by atoms with Crippen LogP contribution in [0, 0.1) is 11.3 Å². The molecule has 1 aliphatic rings. The van der Waals surface area contributed by atoms with Gasteiger partial charge in [-0.3, -0.25) is 9.69 Å². The van der Waals surface area contributed by atoms with E-state index in [2.05, 4.69) is 0 Å². The summed E-state index contributed by atoms with van der Waals surface area (Å²) in [6.45, 7) is 6.92. The smallest absolute Gasteiger partial charge is 0.416 e. The first-order chi connectivity index (χ1) is 19.4. The van der Waals surface area contributed by atoms with Crippen molar-refractivity contribution in [2.24, 2.45) is 0 Å². The quantitative estimate of drug-likeness (QED) is 0.461. The van der Waals surface area contributed by atoms with Gasteiger partial charge in [-0.05, 0) is 63.1 Å². The molecular formula is C28H34F3N5O5S. The van der Waals surface area contributed by atoms with Crippen molar-refractivity contribution in [3.05, 3.63) is 64.2 Å². The maximum atomic E-state index is 14.2. The largest absolute Gasteiger partial charge is 0.444 e. The molecule has 0 spiro atoms. The molecule has 0 unspecified atom stereocenters. The van der Waals surface area contributed by atoms with E-state index in [0.717, 1.165) is 6.07 Å². The van der Waals surface area contributed by atoms with E-state index < -0.39 is 57.2 Å². The Morgan fingerprint density at radius 1 is 1.10 bits per heavy atom. The van der Waals surface area contributed by atoms with Crippen LogP contribution in [0.4, 0.5) is 23.7 Å². The van der Waals surface area contributed by atoms with Crippen LogP contribution in [0.1, 0.15) is 60.3 Å². The monoisotopic (exact) mass is 609 g/mol. The highest BCUT2D eigenvalue weighted by Gasteiger charge is 2.37. The number of carbonyl (C=O) groups excluding carboxylic acids is 2. The average molecular weight is 610 g/mol. The summed E-state index contributed by atoms with van der Waals surface area (Å²) in [5.74, 6) is -1.70. The molecule has 0 atom stereocenters. The topological polar surface area (TPSA) is 137 Å². The van der Waals surface area contributed by atoms with Crippen molar-refractivity contribution in [2.75, 3.05) is 37.7 Å². The van der Waals surface area contributed by atoms with Crippen LogP contribution in [0.3, 0.4) is 0 Å². The minimum atomic E-state index is -4.87. The first kappa shape index (κ1) is 32.7. The lowest BCUT2D eigenvalue weighted by Gasteiger charge is -2.36. The number of sulfonamides is 1. The predicted octanol–water partition coefficient (Wildman–Crippen LogP) is 4.20. The Labute approximate surface area is 243 Å². The van der Waals surface area contributed by atoms with E-state index in [0.29, 0.717) is 15.9 Å². The van der Waals surface area contributed by atoms with Crippen molar-refractivity contribution < 1.29 is 35.9 Å². The van der Waals surface area contributed by atoms with Gasteiger partial charge < -0.3 is 15.4 Å². The average Bonchev–Trinajstić information content (AvgIpc) is 2.90. The number of anilines is 1. The summed E-state index contributed by atoms with van der Waals surface area (Å²) in [6.07, 6.45) is -5.37. The fourth-order valence-electron chi connectivity index (χ4n) is 4.39. The molecule has 10 nitrogen and oxygen atoms in total. The van der Waals surface area contributed by atoms with Crippen LogP contribution in [0.25, 0.3) is 0 Å². The Kier molecular flexibility index (Phi) is 9.79. The molecule has 0 radical (unpaired) electrons. The van der Waals surface area contributed by atoms with E-state index >= 15 is 0 Å². The van der Waals surface area contributed by atoms with Crippen LogP contribution in [0.15, 0.2) is 36.4 Å². The lowest BCUT2D eigenvalue weighted by Crippen LogP contribution is -2.49. The summed E-state index contributed by atoms with van der Waals surface area (Å²) in [6, 6.07) is 9.45. The van der Waals surface area contributed by atoms with Gasteiger partial charge in [0, 0.05) is 38.4 Å². The van der Waals surface area contributed by atoms with Crippen molar-refractivity contribution in [1.82, 2.24) is 14.1 Å². The summed E-state index contributed by atoms with van der Waals surface area (Å²) in [5, 5.41) is 9.16. The number of rotatable bonds is 7. The van der Waals surface area contributed by atoms with Gasteiger partial charge in [0.15, 0.2) is 0 Å². The first-order valence-corrected chi connectivity index (χ1v) is 14.8. The van der Waals surface area contributed by atoms with Crippen LogP contribution in [-0.4, -0.2) is 72.1 Å². The number of halogens is 3. The summed E-state index contributed by atoms with van der Waals surface area (Å²) >= 11 is 0. The molecule has 42 heavy (non-hydrogen) atoms. The van der Waals surface area contributed by atoms with E-state index in [9.17, 15) is 31.2 Å². The van der Waals surface area contributed by atoms with Crippen molar-refractivity contribution in [3.8, 4) is 6.07 Å². The Balaban J connectivity index is 1.90. The Hall–Kier alpha value is -3.83. The summed E-state index contributed by atoms with van der Waals surface area (Å²) in [7, 11) is -4.23. The van der Waals surface area contributed by atoms with Gasteiger partial charge in [0.25, 0.3) is 5.91 Å². The minimum Gasteiger partial charge on any atom is -0.444 e. The van der Waals surface area contributed by atoms with Crippen LogP contribution < -0.4 is 5.73 Å². The maximum Gasteiger partial charge on any atom is 0.416 e. The second kappa shape index (κ2) is 12.6. The number of nitrogens with two attached hydrogens (primary N) is 1. The highest BCUT2D eigenvalue weighted by atomic mass is 32.2. The van der Waals surface area contributed by atoms with Crippen molar-refractivity contribution in [1.29, 1.82) is 5.26 Å². The molecule has 3 rings (SSSR count). The van der Waals surface area contributed by atoms with Gasteiger partial charge in [0.1, 0.15) is 5.60 Å². The molecule has 2 amide bonds. The Morgan fingerprint density at radius 2 is 1.74 bits per heavy atom. The van der Waals surface area contributed by atoms with Gasteiger partial charge in [0.2, 0.25) is 10.0 Å². The van der Waals surface area contributed by atoms with E-state index in [4.69, 9.17) is 15.7 Å². The standard InChI is InChI=1S/C28H34F3N5O5S/c1-5-42(39,40)36(17-20-8-6-7-19(13-20)16-32)25(37)22-15-23(28(29,30)31)21(14-24(22)33)18-34-9-11-35(12-10-34)26(38)41-27(2,3)4/h6-8,13-15H,5,9-12,17-18,33H2,1-4H3. The van der Waals surface area contributed by atoms with E-state index in [-0.39, 0.29) is 49.5 Å². The highest BCUT2D eigenvalue weighted by Crippen LogP contribution is 2.36. The zero-order valence-corrected chi connectivity index (χ0v) is 24.7. The number of ether oxygens (including phenoxy) is 1. The predicted molar refractivity (Wildman–Crippen MR) is 149 cm³/mol. The van der Waals surface area contributed by atoms with Crippen molar-refractivity contribution >= 4 is 27.7 Å². The fourth-order valence-corrected chi connectivity index (χ4v) is 5.40.